The minimum atomic E-state index is -5.03. The van der Waals surface area contributed by atoms with Crippen LogP contribution >= 0.6 is 7.82 Å². The molecule has 108 heavy (non-hydrogen) atoms. The normalized spacial score (nSPS) is 31.5. The number of phosphoric acid groups is 1. The maximum absolute atomic E-state index is 13.1. The molecule has 0 bridgehead atoms. The van der Waals surface area contributed by atoms with E-state index in [1.165, 1.54) is 69.4 Å². The summed E-state index contributed by atoms with van der Waals surface area (Å²) in [5, 5.41) is 128. The van der Waals surface area contributed by atoms with Crippen LogP contribution in [0, 0.1) is 11.8 Å². The van der Waals surface area contributed by atoms with Crippen LogP contribution in [-0.4, -0.2) is 227 Å². The van der Waals surface area contributed by atoms with E-state index in [0.29, 0.717) is 6.42 Å². The fourth-order valence-electron chi connectivity index (χ4n) is 13.2. The Kier molecular flexibility index (Phi) is 43.7. The molecule has 4 fully saturated rings. The van der Waals surface area contributed by atoms with E-state index in [1.54, 1.807) is 0 Å². The number of methoxy groups -OCH3 is 1. The first-order chi connectivity index (χ1) is 51.0. The minimum absolute atomic E-state index is 0.0425. The molecule has 4 aliphatic heterocycles. The first-order valence-electron chi connectivity index (χ1n) is 38.4. The smallest absolute Gasteiger partial charge is 0.474 e. The number of carbonyl (C=O) groups is 3. The van der Waals surface area contributed by atoms with Gasteiger partial charge in [0.2, 0.25) is 0 Å². The molecule has 0 aromatic rings. The third-order valence-corrected chi connectivity index (χ3v) is 21.2. The number of carboxylic acid groups (broad SMARTS) is 3. The van der Waals surface area contributed by atoms with E-state index < -0.39 is 155 Å². The molecular formula is C80H131O27P. The molecule has 27 nitrogen and oxygen atoms in total. The number of rotatable bonds is 48. The van der Waals surface area contributed by atoms with Crippen molar-refractivity contribution in [3.05, 3.63) is 105 Å². The van der Waals surface area contributed by atoms with Crippen LogP contribution in [0.5, 0.6) is 0 Å². The SMILES string of the molecule is CO[C@H]1[C@H](O)[C@@H](O)[C@H](O[C@@H]2[C@H](O)[C@@H](O)[C@@H](O[C@H]3[C@H](O)[C@@H](O)[C@H](O[C@H]4[C@H](O)[C@@H](O)[C@@H](OP(=O)(O)OCCC(C)CC/C=C(/C)CC/C=C(/C)CC/C=C(/C)CC/C=C(/C)CC/C=C(/C)CC/C=C(/C)CC/C=C(/C)CC/C=C(\C)CC/C=C(\C)CCCC(C)C)O[C@@H]4CO)O[C@@H]3C(=O)O)O[C@@H]2C(=O)O)O[C@@H]1C(=O)O. The van der Waals surface area contributed by atoms with Gasteiger partial charge in [0.25, 0.3) is 0 Å². The van der Waals surface area contributed by atoms with Gasteiger partial charge in [-0.15, -0.1) is 0 Å². The van der Waals surface area contributed by atoms with Gasteiger partial charge in [-0.2, -0.15) is 0 Å². The average molecular weight is 1560 g/mol. The predicted molar refractivity (Wildman–Crippen MR) is 404 cm³/mol. The first-order valence-corrected chi connectivity index (χ1v) is 39.9. The largest absolute Gasteiger partial charge is 0.479 e. The Morgan fingerprint density at radius 2 is 0.676 bits per heavy atom. The highest BCUT2D eigenvalue weighted by Gasteiger charge is 2.58. The van der Waals surface area contributed by atoms with E-state index in [0.717, 1.165) is 129 Å². The van der Waals surface area contributed by atoms with E-state index in [-0.39, 0.29) is 12.5 Å². The summed E-state index contributed by atoms with van der Waals surface area (Å²) in [6, 6.07) is 0. The van der Waals surface area contributed by atoms with Gasteiger partial charge in [-0.1, -0.05) is 132 Å². The molecule has 618 valence electrons. The van der Waals surface area contributed by atoms with Crippen LogP contribution in [0.1, 0.15) is 224 Å². The van der Waals surface area contributed by atoms with Gasteiger partial charge < -0.3 is 104 Å². The Balaban J connectivity index is 1.11. The summed E-state index contributed by atoms with van der Waals surface area (Å²) in [4.78, 5) is 47.5. The lowest BCUT2D eigenvalue weighted by Crippen LogP contribution is -2.68. The summed E-state index contributed by atoms with van der Waals surface area (Å²) in [5.41, 5.74) is 12.9. The molecule has 0 aliphatic carbocycles. The van der Waals surface area contributed by atoms with Crippen molar-refractivity contribution >= 4 is 25.7 Å². The summed E-state index contributed by atoms with van der Waals surface area (Å²) in [5.74, 6) is -4.75. The standard InChI is InChI=1S/C80H131O27P/c1-47(2)24-14-25-48(3)26-15-27-49(4)28-16-29-50(5)30-17-31-51(6)32-18-33-52(7)34-19-35-53(8)36-20-37-54(9)38-21-39-55(10)40-22-41-56(11)42-23-43-57(12)44-45-99-108(96,97)107-80-66(89)59(82)67(58(46-81)100-80)101-77-64(87)61(84)69(72(105-77)75(92)93)103-79-65(88)62(85)70(73(106-79)76(94)95)102-78-63(86)60(83)68(98-13)71(104-78)74(90)91/h26,28,30,32,34,36,38,40,42,47,57-73,77-89H,14-25,27,29,31,33,35,37,39,41,43-46H2,1-13H3,(H,90,91)(H,92,93)(H,94,95)(H,96,97)/b48-26+,49-28+,50-30-,51-32-,52-34-,53-36-,54-38-,55-40-,56-42-/t57?,58-,59-,60-,61-,62-,63-,64-,65-,66-,67-,68+,69+,70-,71+,72+,73+,77-,78-,79+,80-/m1/s1. The van der Waals surface area contributed by atoms with Gasteiger partial charge in [0.1, 0.15) is 79.4 Å². The van der Waals surface area contributed by atoms with Gasteiger partial charge in [-0.05, 0) is 209 Å². The average Bonchev–Trinajstić information content (AvgIpc) is 0.770. The van der Waals surface area contributed by atoms with Crippen molar-refractivity contribution in [2.24, 2.45) is 11.8 Å². The van der Waals surface area contributed by atoms with Crippen molar-refractivity contribution in [2.75, 3.05) is 20.3 Å². The fourth-order valence-corrected chi connectivity index (χ4v) is 14.0. The zero-order valence-electron chi connectivity index (χ0n) is 65.8. The van der Waals surface area contributed by atoms with Crippen molar-refractivity contribution < 1.29 is 132 Å². The van der Waals surface area contributed by atoms with Crippen LogP contribution in [0.4, 0.5) is 0 Å². The summed E-state index contributed by atoms with van der Waals surface area (Å²) in [7, 11) is -4.03. The molecule has 0 radical (unpaired) electrons. The molecule has 0 amide bonds. The summed E-state index contributed by atoms with van der Waals surface area (Å²) in [6.45, 7) is 25.3. The van der Waals surface area contributed by atoms with Crippen molar-refractivity contribution in [1.82, 2.24) is 0 Å². The van der Waals surface area contributed by atoms with Crippen molar-refractivity contribution in [1.29, 1.82) is 0 Å². The second-order valence-corrected chi connectivity index (χ2v) is 31.8. The monoisotopic (exact) mass is 1550 g/mol. The Labute approximate surface area is 639 Å². The van der Waals surface area contributed by atoms with E-state index in [4.69, 9.17) is 46.9 Å². The fraction of sp³-hybridized carbons (Fsp3) is 0.738. The van der Waals surface area contributed by atoms with Gasteiger partial charge >= 0.3 is 25.7 Å². The Hall–Kier alpha value is -4.50. The van der Waals surface area contributed by atoms with E-state index in [9.17, 15) is 85.1 Å². The van der Waals surface area contributed by atoms with Crippen LogP contribution in [0.3, 0.4) is 0 Å². The topological polar surface area (TPSA) is 424 Å². The highest BCUT2D eigenvalue weighted by atomic mass is 31.2. The zero-order valence-corrected chi connectivity index (χ0v) is 66.7. The number of phosphoric ester groups is 1. The Bertz CT molecular complexity index is 3080. The van der Waals surface area contributed by atoms with E-state index in [2.05, 4.69) is 131 Å². The lowest BCUT2D eigenvalue weighted by Gasteiger charge is -2.48. The van der Waals surface area contributed by atoms with Crippen LogP contribution in [0.25, 0.3) is 0 Å². The molecule has 0 saturated carbocycles. The molecular weight excluding hydrogens is 1420 g/mol. The zero-order chi connectivity index (χ0) is 80.5. The van der Waals surface area contributed by atoms with Gasteiger partial charge in [0.05, 0.1) is 13.2 Å². The molecule has 4 saturated heterocycles. The molecule has 28 heteroatoms. The molecule has 13 N–H and O–H groups in total. The van der Waals surface area contributed by atoms with E-state index >= 15 is 0 Å². The Morgan fingerprint density at radius 1 is 0.389 bits per heavy atom. The maximum Gasteiger partial charge on any atom is 0.474 e. The molecule has 22 atom stereocenters. The van der Waals surface area contributed by atoms with Crippen molar-refractivity contribution in [3.63, 3.8) is 0 Å². The quantitative estimate of drug-likeness (QED) is 0.0199. The lowest BCUT2D eigenvalue weighted by molar-refractivity contribution is -0.379. The molecule has 0 spiro atoms. The summed E-state index contributed by atoms with van der Waals surface area (Å²) < 4.78 is 66.0. The number of allylic oxidation sites excluding steroid dienone is 18. The summed E-state index contributed by atoms with van der Waals surface area (Å²) >= 11 is 0. The highest BCUT2D eigenvalue weighted by molar-refractivity contribution is 7.47. The number of carboxylic acids is 3. The second-order valence-electron chi connectivity index (χ2n) is 30.4. The van der Waals surface area contributed by atoms with Crippen LogP contribution < -0.4 is 0 Å². The number of aliphatic hydroxyl groups excluding tert-OH is 9. The van der Waals surface area contributed by atoms with Gasteiger partial charge in [-0.3, -0.25) is 9.05 Å². The van der Waals surface area contributed by atoms with Gasteiger partial charge in [0, 0.05) is 7.11 Å². The lowest BCUT2D eigenvalue weighted by atomic mass is 9.95. The van der Waals surface area contributed by atoms with Crippen molar-refractivity contribution in [3.8, 4) is 0 Å². The Morgan fingerprint density at radius 3 is 0.991 bits per heavy atom. The molecule has 4 heterocycles. The van der Waals surface area contributed by atoms with Crippen LogP contribution in [-0.2, 0) is 65.9 Å². The number of hydrogen-bond donors (Lipinski definition) is 13. The molecule has 4 rings (SSSR count). The van der Waals surface area contributed by atoms with Gasteiger partial charge in [-0.25, -0.2) is 18.9 Å². The van der Waals surface area contributed by atoms with Gasteiger partial charge in [0.15, 0.2) is 43.5 Å². The maximum atomic E-state index is 13.1. The summed E-state index contributed by atoms with van der Waals surface area (Å²) in [6.07, 6.45) is 0.291. The number of hydrogen-bond acceptors (Lipinski definition) is 23. The third kappa shape index (κ3) is 33.3. The minimum Gasteiger partial charge on any atom is -0.479 e. The second kappa shape index (κ2) is 49.2. The molecule has 0 aromatic heterocycles. The van der Waals surface area contributed by atoms with Crippen LogP contribution in [0.15, 0.2) is 105 Å². The van der Waals surface area contributed by atoms with Crippen LogP contribution in [0.2, 0.25) is 0 Å². The number of ether oxygens (including phenoxy) is 8. The molecule has 4 aliphatic rings. The number of aliphatic hydroxyl groups is 9. The van der Waals surface area contributed by atoms with E-state index in [1.807, 2.05) is 6.92 Å². The molecule has 0 aromatic carbocycles. The van der Waals surface area contributed by atoms with Crippen molar-refractivity contribution in [2.45, 2.75) is 347 Å². The predicted octanol–water partition coefficient (Wildman–Crippen LogP) is 10.7. The number of aliphatic carboxylic acids is 3. The first kappa shape index (κ1) is 95.9. The molecule has 2 unspecified atom stereocenters. The highest BCUT2D eigenvalue weighted by Crippen LogP contribution is 2.47. The third-order valence-electron chi connectivity index (χ3n) is 20.2.